The van der Waals surface area contributed by atoms with Crippen molar-refractivity contribution in [3.05, 3.63) is 56.7 Å². The lowest BCUT2D eigenvalue weighted by atomic mass is 10.1. The molecule has 3 aromatic heterocycles. The van der Waals surface area contributed by atoms with E-state index in [0.29, 0.717) is 27.6 Å². The van der Waals surface area contributed by atoms with Gasteiger partial charge in [0.25, 0.3) is 5.56 Å². The zero-order chi connectivity index (χ0) is 23.3. The molecule has 1 aromatic carbocycles. The van der Waals surface area contributed by atoms with Crippen molar-refractivity contribution >= 4 is 40.1 Å². The van der Waals surface area contributed by atoms with Crippen LogP contribution in [0.5, 0.6) is 0 Å². The van der Waals surface area contributed by atoms with Crippen LogP contribution in [0.25, 0.3) is 16.7 Å². The number of rotatable bonds is 5. The zero-order valence-corrected chi connectivity index (χ0v) is 18.3. The number of halogens is 1. The lowest BCUT2D eigenvalue weighted by Gasteiger charge is -2.23. The summed E-state index contributed by atoms with van der Waals surface area (Å²) >= 11 is 6.37. The minimum Gasteiger partial charge on any atom is -0.382 e. The van der Waals surface area contributed by atoms with Crippen molar-refractivity contribution in [2.45, 2.75) is 25.8 Å². The molecule has 1 aliphatic rings. The predicted molar refractivity (Wildman–Crippen MR) is 124 cm³/mol. The highest BCUT2D eigenvalue weighted by molar-refractivity contribution is 6.35. The number of H-pyrrole nitrogens is 1. The van der Waals surface area contributed by atoms with Gasteiger partial charge >= 0.3 is 0 Å². The Hall–Kier alpha value is -4.17. The van der Waals surface area contributed by atoms with Gasteiger partial charge < -0.3 is 16.8 Å². The van der Waals surface area contributed by atoms with Crippen LogP contribution >= 0.6 is 11.6 Å². The van der Waals surface area contributed by atoms with Gasteiger partial charge in [-0.05, 0) is 37.8 Å². The average Bonchev–Trinajstić information content (AvgIpc) is 3.52. The van der Waals surface area contributed by atoms with E-state index in [1.165, 1.54) is 4.57 Å². The molecule has 11 nitrogen and oxygen atoms in total. The van der Waals surface area contributed by atoms with E-state index in [1.807, 2.05) is 13.0 Å². The monoisotopic (exact) mass is 462 g/mol. The van der Waals surface area contributed by atoms with Crippen LogP contribution in [0.3, 0.4) is 0 Å². The van der Waals surface area contributed by atoms with Crippen molar-refractivity contribution in [1.82, 2.24) is 29.7 Å². The third kappa shape index (κ3) is 3.50. The third-order valence-electron chi connectivity index (χ3n) is 5.63. The molecule has 0 aliphatic heterocycles. The summed E-state index contributed by atoms with van der Waals surface area (Å²) in [4.78, 5) is 26.6. The lowest BCUT2D eigenvalue weighted by Crippen LogP contribution is -2.30. The molecule has 0 bridgehead atoms. The van der Waals surface area contributed by atoms with Crippen LogP contribution in [-0.4, -0.2) is 29.7 Å². The number of nitrogen functional groups attached to an aromatic ring is 2. The molecular formula is C21H19ClN10O. The number of fused-ring (bicyclic) bond motifs is 1. The maximum Gasteiger partial charge on any atom is 0.268 e. The smallest absolute Gasteiger partial charge is 0.268 e. The van der Waals surface area contributed by atoms with Crippen LogP contribution in [0.1, 0.15) is 35.8 Å². The van der Waals surface area contributed by atoms with Gasteiger partial charge in [-0.1, -0.05) is 17.7 Å². The largest absolute Gasteiger partial charge is 0.382 e. The molecular weight excluding hydrogens is 444 g/mol. The Morgan fingerprint density at radius 2 is 2.09 bits per heavy atom. The number of nitrogens with one attached hydrogen (secondary N) is 2. The molecule has 1 aliphatic carbocycles. The molecule has 0 saturated heterocycles. The highest BCUT2D eigenvalue weighted by Crippen LogP contribution is 2.43. The molecule has 1 unspecified atom stereocenters. The Labute approximate surface area is 192 Å². The third-order valence-corrected chi connectivity index (χ3v) is 5.94. The molecule has 1 fully saturated rings. The van der Waals surface area contributed by atoms with Gasteiger partial charge in [-0.25, -0.2) is 9.55 Å². The van der Waals surface area contributed by atoms with Gasteiger partial charge in [0, 0.05) is 5.56 Å². The summed E-state index contributed by atoms with van der Waals surface area (Å²) in [5, 5.41) is 20.4. The fourth-order valence-electron chi connectivity index (χ4n) is 3.88. The summed E-state index contributed by atoms with van der Waals surface area (Å²) in [7, 11) is 0. The van der Waals surface area contributed by atoms with Crippen molar-refractivity contribution < 1.29 is 0 Å². The van der Waals surface area contributed by atoms with E-state index in [9.17, 15) is 10.1 Å². The second-order valence-corrected chi connectivity index (χ2v) is 8.32. The molecule has 12 heteroatoms. The summed E-state index contributed by atoms with van der Waals surface area (Å²) in [6.07, 6.45) is 3.43. The summed E-state index contributed by atoms with van der Waals surface area (Å²) in [5.74, 6) is 1.16. The highest BCUT2D eigenvalue weighted by Gasteiger charge is 2.37. The number of aromatic amines is 1. The number of aryl methyl sites for hydroxylation is 1. The van der Waals surface area contributed by atoms with Crippen LogP contribution < -0.4 is 22.3 Å². The standard InChI is InChI=1S/C21H19ClN10O/c1-9-8-26-31-18(9)32-19(27-13-4-2-3-12(22)14(13)20(32)33)15(10-5-6-10)28-17-11(7-23)16(24)29-21(25)30-17/h2-4,8,10,15H,5-6H2,1H3,(H,26,31)(H5,24,25,28,29,30). The van der Waals surface area contributed by atoms with E-state index in [-0.39, 0.29) is 34.6 Å². The number of benzene rings is 1. The Morgan fingerprint density at radius 1 is 1.30 bits per heavy atom. The van der Waals surface area contributed by atoms with E-state index in [1.54, 1.807) is 24.4 Å². The number of nitrogens with zero attached hydrogens (tertiary/aromatic N) is 6. The minimum atomic E-state index is -0.468. The Bertz CT molecular complexity index is 1500. The molecule has 5 rings (SSSR count). The van der Waals surface area contributed by atoms with Gasteiger partial charge in [0.05, 0.1) is 28.2 Å². The number of hydrogen-bond acceptors (Lipinski definition) is 9. The van der Waals surface area contributed by atoms with Crippen molar-refractivity contribution in [3.63, 3.8) is 0 Å². The first-order valence-corrected chi connectivity index (χ1v) is 10.6. The van der Waals surface area contributed by atoms with E-state index < -0.39 is 6.04 Å². The average molecular weight is 463 g/mol. The lowest BCUT2D eigenvalue weighted by molar-refractivity contribution is 0.604. The van der Waals surface area contributed by atoms with Crippen LogP contribution in [0.15, 0.2) is 29.2 Å². The predicted octanol–water partition coefficient (Wildman–Crippen LogP) is 2.46. The highest BCUT2D eigenvalue weighted by atomic mass is 35.5. The molecule has 6 N–H and O–H groups in total. The van der Waals surface area contributed by atoms with Gasteiger partial charge in [0.1, 0.15) is 29.1 Å². The second-order valence-electron chi connectivity index (χ2n) is 7.91. The van der Waals surface area contributed by atoms with Crippen molar-refractivity contribution in [3.8, 4) is 11.9 Å². The summed E-state index contributed by atoms with van der Waals surface area (Å²) in [5.41, 5.74) is 12.6. The summed E-state index contributed by atoms with van der Waals surface area (Å²) in [6, 6.07) is 6.68. The van der Waals surface area contributed by atoms with E-state index in [0.717, 1.165) is 18.4 Å². The van der Waals surface area contributed by atoms with E-state index in [4.69, 9.17) is 28.1 Å². The number of nitriles is 1. The SMILES string of the molecule is Cc1cn[nH]c1-n1c(C(Nc2nc(N)nc(N)c2C#N)C2CC2)nc2cccc(Cl)c2c1=O. The van der Waals surface area contributed by atoms with Gasteiger partial charge in [-0.15, -0.1) is 0 Å². The molecule has 0 spiro atoms. The topological polar surface area (TPSA) is 177 Å². The first-order chi connectivity index (χ1) is 15.9. The van der Waals surface area contributed by atoms with Gasteiger partial charge in [0.15, 0.2) is 5.82 Å². The normalized spacial score (nSPS) is 14.2. The number of aromatic nitrogens is 6. The molecule has 1 atom stereocenters. The second kappa shape index (κ2) is 7.75. The van der Waals surface area contributed by atoms with Crippen molar-refractivity contribution in [1.29, 1.82) is 5.26 Å². The molecule has 33 heavy (non-hydrogen) atoms. The quantitative estimate of drug-likeness (QED) is 0.346. The molecule has 4 aromatic rings. The molecule has 0 amide bonds. The Balaban J connectivity index is 1.77. The van der Waals surface area contributed by atoms with Crippen LogP contribution in [0, 0.1) is 24.2 Å². The number of anilines is 3. The Kier molecular flexibility index (Phi) is 4.87. The molecule has 1 saturated carbocycles. The molecule has 166 valence electrons. The Morgan fingerprint density at radius 3 is 2.76 bits per heavy atom. The van der Waals surface area contributed by atoms with E-state index >= 15 is 0 Å². The van der Waals surface area contributed by atoms with Gasteiger partial charge in [-0.3, -0.25) is 9.89 Å². The molecule has 3 heterocycles. The van der Waals surface area contributed by atoms with Crippen LogP contribution in [0.2, 0.25) is 5.02 Å². The molecule has 0 radical (unpaired) electrons. The first-order valence-electron chi connectivity index (χ1n) is 10.2. The van der Waals surface area contributed by atoms with Crippen LogP contribution in [0.4, 0.5) is 17.6 Å². The fourth-order valence-corrected chi connectivity index (χ4v) is 4.13. The van der Waals surface area contributed by atoms with Gasteiger partial charge in [0.2, 0.25) is 5.95 Å². The first kappa shape index (κ1) is 20.7. The maximum atomic E-state index is 13.7. The zero-order valence-electron chi connectivity index (χ0n) is 17.5. The van der Waals surface area contributed by atoms with Crippen LogP contribution in [-0.2, 0) is 0 Å². The maximum absolute atomic E-state index is 13.7. The van der Waals surface area contributed by atoms with Crippen molar-refractivity contribution in [2.24, 2.45) is 5.92 Å². The number of hydrogen-bond donors (Lipinski definition) is 4. The minimum absolute atomic E-state index is 0.0258. The number of nitrogens with two attached hydrogens (primary N) is 2. The summed E-state index contributed by atoms with van der Waals surface area (Å²) < 4.78 is 1.48. The van der Waals surface area contributed by atoms with E-state index in [2.05, 4.69) is 25.5 Å². The summed E-state index contributed by atoms with van der Waals surface area (Å²) in [6.45, 7) is 1.84. The fraction of sp³-hybridized carbons (Fsp3) is 0.238. The van der Waals surface area contributed by atoms with Crippen molar-refractivity contribution in [2.75, 3.05) is 16.8 Å². The van der Waals surface area contributed by atoms with Gasteiger partial charge in [-0.2, -0.15) is 20.3 Å².